The average Bonchev–Trinajstić information content (AvgIpc) is 2.37. The first-order valence-corrected chi connectivity index (χ1v) is 7.60. The van der Waals surface area contributed by atoms with Gasteiger partial charge in [0.05, 0.1) is 10.0 Å². The van der Waals surface area contributed by atoms with Gasteiger partial charge < -0.3 is 5.73 Å². The standard InChI is InChI=1S/C15H15Cl2NS/c1-10-8-11(6-7-18)2-5-15(10)19-12-3-4-13(16)14(17)9-12/h2-5,8-9H,6-7,18H2,1H3. The summed E-state index contributed by atoms with van der Waals surface area (Å²) in [7, 11) is 0. The van der Waals surface area contributed by atoms with E-state index in [0.29, 0.717) is 16.6 Å². The zero-order valence-corrected chi connectivity index (χ0v) is 12.9. The first-order valence-electron chi connectivity index (χ1n) is 6.02. The monoisotopic (exact) mass is 311 g/mol. The van der Waals surface area contributed by atoms with Gasteiger partial charge in [0.1, 0.15) is 0 Å². The van der Waals surface area contributed by atoms with Gasteiger partial charge in [-0.25, -0.2) is 0 Å². The predicted molar refractivity (Wildman–Crippen MR) is 84.5 cm³/mol. The van der Waals surface area contributed by atoms with Crippen LogP contribution in [0.2, 0.25) is 10.0 Å². The molecule has 0 saturated heterocycles. The number of benzene rings is 2. The Kier molecular flexibility index (Phi) is 5.17. The molecule has 0 fully saturated rings. The lowest BCUT2D eigenvalue weighted by atomic mass is 10.1. The van der Waals surface area contributed by atoms with Crippen LogP contribution in [0.15, 0.2) is 46.2 Å². The molecule has 19 heavy (non-hydrogen) atoms. The number of rotatable bonds is 4. The number of aryl methyl sites for hydroxylation is 1. The maximum absolute atomic E-state index is 6.03. The van der Waals surface area contributed by atoms with Crippen molar-refractivity contribution in [1.29, 1.82) is 0 Å². The van der Waals surface area contributed by atoms with E-state index in [1.54, 1.807) is 11.8 Å². The number of halogens is 2. The van der Waals surface area contributed by atoms with Gasteiger partial charge in [0.25, 0.3) is 0 Å². The zero-order valence-electron chi connectivity index (χ0n) is 10.6. The van der Waals surface area contributed by atoms with E-state index in [2.05, 4.69) is 25.1 Å². The molecule has 0 aliphatic heterocycles. The van der Waals surface area contributed by atoms with E-state index >= 15 is 0 Å². The summed E-state index contributed by atoms with van der Waals surface area (Å²) in [4.78, 5) is 2.31. The Hall–Kier alpha value is -0.670. The van der Waals surface area contributed by atoms with Crippen LogP contribution in [0.5, 0.6) is 0 Å². The highest BCUT2D eigenvalue weighted by Crippen LogP contribution is 2.34. The SMILES string of the molecule is Cc1cc(CCN)ccc1Sc1ccc(Cl)c(Cl)c1. The Labute approximate surface area is 128 Å². The molecule has 0 aliphatic rings. The van der Waals surface area contributed by atoms with Gasteiger partial charge in [-0.2, -0.15) is 0 Å². The number of hydrogen-bond donors (Lipinski definition) is 1. The summed E-state index contributed by atoms with van der Waals surface area (Å²) in [6.45, 7) is 2.79. The maximum atomic E-state index is 6.03. The normalized spacial score (nSPS) is 10.7. The fraction of sp³-hybridized carbons (Fsp3) is 0.200. The van der Waals surface area contributed by atoms with Crippen molar-refractivity contribution in [2.24, 2.45) is 5.73 Å². The summed E-state index contributed by atoms with van der Waals surface area (Å²) >= 11 is 13.6. The van der Waals surface area contributed by atoms with Crippen LogP contribution < -0.4 is 5.73 Å². The van der Waals surface area contributed by atoms with E-state index in [9.17, 15) is 0 Å². The van der Waals surface area contributed by atoms with Crippen LogP contribution in [0.25, 0.3) is 0 Å². The van der Waals surface area contributed by atoms with Gasteiger partial charge in [-0.05, 0) is 55.3 Å². The van der Waals surface area contributed by atoms with Crippen molar-refractivity contribution in [2.75, 3.05) is 6.54 Å². The van der Waals surface area contributed by atoms with Crippen molar-refractivity contribution in [3.05, 3.63) is 57.6 Å². The molecule has 0 amide bonds. The molecule has 2 aromatic rings. The number of hydrogen-bond acceptors (Lipinski definition) is 2. The van der Waals surface area contributed by atoms with E-state index in [1.165, 1.54) is 16.0 Å². The van der Waals surface area contributed by atoms with Crippen LogP contribution in [0, 0.1) is 6.92 Å². The van der Waals surface area contributed by atoms with Crippen molar-refractivity contribution >= 4 is 35.0 Å². The van der Waals surface area contributed by atoms with Crippen LogP contribution in [0.4, 0.5) is 0 Å². The highest BCUT2D eigenvalue weighted by Gasteiger charge is 2.05. The topological polar surface area (TPSA) is 26.0 Å². The Morgan fingerprint density at radius 3 is 2.47 bits per heavy atom. The van der Waals surface area contributed by atoms with Crippen molar-refractivity contribution in [1.82, 2.24) is 0 Å². The van der Waals surface area contributed by atoms with Gasteiger partial charge >= 0.3 is 0 Å². The maximum Gasteiger partial charge on any atom is 0.0603 e. The molecule has 2 aromatic carbocycles. The van der Waals surface area contributed by atoms with Crippen LogP contribution in [0.1, 0.15) is 11.1 Å². The van der Waals surface area contributed by atoms with E-state index in [0.717, 1.165) is 11.3 Å². The van der Waals surface area contributed by atoms with Crippen molar-refractivity contribution in [2.45, 2.75) is 23.1 Å². The third kappa shape index (κ3) is 3.90. The molecule has 0 bridgehead atoms. The van der Waals surface area contributed by atoms with Gasteiger partial charge in [0.2, 0.25) is 0 Å². The Bertz CT molecular complexity index is 584. The summed E-state index contributed by atoms with van der Waals surface area (Å²) in [5.41, 5.74) is 8.10. The fourth-order valence-electron chi connectivity index (χ4n) is 1.82. The third-order valence-electron chi connectivity index (χ3n) is 2.79. The predicted octanol–water partition coefficient (Wildman–Crippen LogP) is 4.95. The molecule has 0 spiro atoms. The Balaban J connectivity index is 2.20. The minimum Gasteiger partial charge on any atom is -0.330 e. The summed E-state index contributed by atoms with van der Waals surface area (Å²) < 4.78 is 0. The van der Waals surface area contributed by atoms with Gasteiger partial charge in [0, 0.05) is 9.79 Å². The van der Waals surface area contributed by atoms with Crippen LogP contribution in [0.3, 0.4) is 0 Å². The molecule has 4 heteroatoms. The minimum atomic E-state index is 0.584. The van der Waals surface area contributed by atoms with Gasteiger partial charge in [-0.1, -0.05) is 47.1 Å². The highest BCUT2D eigenvalue weighted by molar-refractivity contribution is 7.99. The van der Waals surface area contributed by atoms with Crippen LogP contribution >= 0.6 is 35.0 Å². The van der Waals surface area contributed by atoms with E-state index in [4.69, 9.17) is 28.9 Å². The van der Waals surface area contributed by atoms with E-state index in [1.807, 2.05) is 18.2 Å². The first kappa shape index (κ1) is 14.7. The second kappa shape index (κ2) is 6.67. The fourth-order valence-corrected chi connectivity index (χ4v) is 3.10. The quantitative estimate of drug-likeness (QED) is 0.864. The van der Waals surface area contributed by atoms with Crippen LogP contribution in [-0.4, -0.2) is 6.54 Å². The molecule has 0 saturated carbocycles. The third-order valence-corrected chi connectivity index (χ3v) is 4.70. The summed E-state index contributed by atoms with van der Waals surface area (Å²) in [5.74, 6) is 0. The van der Waals surface area contributed by atoms with E-state index < -0.39 is 0 Å². The molecule has 0 radical (unpaired) electrons. The minimum absolute atomic E-state index is 0.584. The van der Waals surface area contributed by atoms with Gasteiger partial charge in [0.15, 0.2) is 0 Å². The summed E-state index contributed by atoms with van der Waals surface area (Å²) in [6, 6.07) is 12.1. The highest BCUT2D eigenvalue weighted by atomic mass is 35.5. The summed E-state index contributed by atoms with van der Waals surface area (Å²) in [5, 5.41) is 1.17. The molecule has 1 nitrogen and oxygen atoms in total. The lowest BCUT2D eigenvalue weighted by molar-refractivity contribution is 0.963. The summed E-state index contributed by atoms with van der Waals surface area (Å²) in [6.07, 6.45) is 0.915. The first-order chi connectivity index (χ1) is 9.10. The smallest absolute Gasteiger partial charge is 0.0603 e. The Morgan fingerprint density at radius 1 is 1.05 bits per heavy atom. The largest absolute Gasteiger partial charge is 0.330 e. The molecule has 0 unspecified atom stereocenters. The Morgan fingerprint density at radius 2 is 1.84 bits per heavy atom. The molecule has 2 rings (SSSR count). The van der Waals surface area contributed by atoms with Crippen molar-refractivity contribution in [3.8, 4) is 0 Å². The van der Waals surface area contributed by atoms with Crippen LogP contribution in [-0.2, 0) is 6.42 Å². The molecule has 0 atom stereocenters. The van der Waals surface area contributed by atoms with Crippen molar-refractivity contribution < 1.29 is 0 Å². The van der Waals surface area contributed by atoms with Crippen molar-refractivity contribution in [3.63, 3.8) is 0 Å². The van der Waals surface area contributed by atoms with E-state index in [-0.39, 0.29) is 0 Å². The van der Waals surface area contributed by atoms with Gasteiger partial charge in [-0.3, -0.25) is 0 Å². The number of nitrogens with two attached hydrogens (primary N) is 1. The molecular weight excluding hydrogens is 297 g/mol. The lowest BCUT2D eigenvalue weighted by Crippen LogP contribution is -2.02. The molecule has 0 heterocycles. The molecule has 0 aromatic heterocycles. The molecule has 100 valence electrons. The second-order valence-corrected chi connectivity index (χ2v) is 6.25. The molecule has 0 aliphatic carbocycles. The average molecular weight is 312 g/mol. The lowest BCUT2D eigenvalue weighted by Gasteiger charge is -2.08. The molecular formula is C15H15Cl2NS. The molecule has 2 N–H and O–H groups in total. The zero-order chi connectivity index (χ0) is 13.8. The second-order valence-electron chi connectivity index (χ2n) is 4.32. The van der Waals surface area contributed by atoms with Gasteiger partial charge in [-0.15, -0.1) is 0 Å².